The fraction of sp³-hybridized carbons (Fsp3) is 0.529. The number of thioether (sulfide) groups is 1. The number of nitrogens with one attached hydrogen (secondary N) is 1. The summed E-state index contributed by atoms with van der Waals surface area (Å²) in [6.07, 6.45) is 0.937. The highest BCUT2D eigenvalue weighted by molar-refractivity contribution is 7.99. The monoisotopic (exact) mass is 307 g/mol. The van der Waals surface area contributed by atoms with Crippen LogP contribution in [0.2, 0.25) is 0 Å². The van der Waals surface area contributed by atoms with E-state index in [-0.39, 0.29) is 5.54 Å². The zero-order valence-corrected chi connectivity index (χ0v) is 14.0. The van der Waals surface area contributed by atoms with Crippen LogP contribution in [0.5, 0.6) is 11.5 Å². The minimum absolute atomic E-state index is 0.128. The lowest BCUT2D eigenvalue weighted by Crippen LogP contribution is -2.37. The highest BCUT2D eigenvalue weighted by Crippen LogP contribution is 2.34. The molecule has 2 rings (SSSR count). The number of hydrogen-bond acceptors (Lipinski definition) is 4. The van der Waals surface area contributed by atoms with E-state index in [4.69, 9.17) is 9.47 Å². The molecule has 1 aromatic rings. The minimum Gasteiger partial charge on any atom is -0.490 e. The summed E-state index contributed by atoms with van der Waals surface area (Å²) in [6.45, 7) is 12.9. The van der Waals surface area contributed by atoms with Gasteiger partial charge in [0.05, 0.1) is 13.2 Å². The summed E-state index contributed by atoms with van der Waals surface area (Å²) in [5.74, 6) is 2.61. The Labute approximate surface area is 132 Å². The van der Waals surface area contributed by atoms with Crippen molar-refractivity contribution >= 4 is 11.8 Å². The van der Waals surface area contributed by atoms with Crippen LogP contribution in [-0.4, -0.2) is 31.1 Å². The molecule has 0 spiro atoms. The Morgan fingerprint density at radius 2 is 1.95 bits per heavy atom. The van der Waals surface area contributed by atoms with Gasteiger partial charge in [-0.15, -0.1) is 11.8 Å². The molecule has 0 amide bonds. The molecule has 1 N–H and O–H groups in total. The van der Waals surface area contributed by atoms with Crippen molar-refractivity contribution in [3.8, 4) is 11.5 Å². The lowest BCUT2D eigenvalue weighted by atomic mass is 10.1. The third-order valence-corrected chi connectivity index (χ3v) is 4.17. The number of rotatable bonds is 5. The third kappa shape index (κ3) is 5.64. The second-order valence-corrected chi connectivity index (χ2v) is 7.35. The van der Waals surface area contributed by atoms with Crippen LogP contribution in [0.3, 0.4) is 0 Å². The normalized spacial score (nSPS) is 14.6. The molecule has 1 aromatic carbocycles. The molecular weight excluding hydrogens is 282 g/mol. The van der Waals surface area contributed by atoms with E-state index in [9.17, 15) is 0 Å². The summed E-state index contributed by atoms with van der Waals surface area (Å²) in [7, 11) is 0. The molecular formula is C17H25NO2S. The Balaban J connectivity index is 1.86. The summed E-state index contributed by atoms with van der Waals surface area (Å²) >= 11 is 1.78. The highest BCUT2D eigenvalue weighted by Gasteiger charge is 2.12. The molecule has 0 saturated carbocycles. The van der Waals surface area contributed by atoms with Crippen LogP contribution in [-0.2, 0) is 0 Å². The number of hydrogen-bond donors (Lipinski definition) is 1. The Hall–Kier alpha value is -1.13. The first-order valence-corrected chi connectivity index (χ1v) is 8.37. The highest BCUT2D eigenvalue weighted by atomic mass is 32.2. The van der Waals surface area contributed by atoms with E-state index in [1.165, 1.54) is 10.5 Å². The van der Waals surface area contributed by atoms with Gasteiger partial charge in [0.25, 0.3) is 0 Å². The van der Waals surface area contributed by atoms with Crippen molar-refractivity contribution < 1.29 is 9.47 Å². The van der Waals surface area contributed by atoms with Gasteiger partial charge in [-0.05, 0) is 39.0 Å². The van der Waals surface area contributed by atoms with Crippen LogP contribution in [0, 0.1) is 0 Å². The third-order valence-electron chi connectivity index (χ3n) is 3.03. The first kappa shape index (κ1) is 16.2. The van der Waals surface area contributed by atoms with E-state index in [0.29, 0.717) is 0 Å². The Morgan fingerprint density at radius 1 is 1.24 bits per heavy atom. The number of fused-ring (bicyclic) bond motifs is 1. The second kappa shape index (κ2) is 7.23. The van der Waals surface area contributed by atoms with Crippen molar-refractivity contribution in [1.82, 2.24) is 5.32 Å². The molecule has 0 aromatic heterocycles. The van der Waals surface area contributed by atoms with Gasteiger partial charge in [-0.1, -0.05) is 12.2 Å². The van der Waals surface area contributed by atoms with Crippen LogP contribution in [0.25, 0.3) is 0 Å². The van der Waals surface area contributed by atoms with Crippen molar-refractivity contribution in [2.75, 3.05) is 25.5 Å². The van der Waals surface area contributed by atoms with Crippen molar-refractivity contribution in [3.63, 3.8) is 0 Å². The molecule has 3 nitrogen and oxygen atoms in total. The Kier molecular flexibility index (Phi) is 5.59. The van der Waals surface area contributed by atoms with Gasteiger partial charge in [0.2, 0.25) is 0 Å². The quantitative estimate of drug-likeness (QED) is 0.660. The molecule has 0 fully saturated rings. The van der Waals surface area contributed by atoms with Crippen molar-refractivity contribution in [2.24, 2.45) is 0 Å². The SMILES string of the molecule is C=C(CNC(C)(C)C)CSc1ccc2c(c1)OCCCO2. The van der Waals surface area contributed by atoms with Crippen molar-refractivity contribution in [2.45, 2.75) is 37.6 Å². The molecule has 1 aliphatic rings. The molecule has 0 atom stereocenters. The zero-order valence-electron chi connectivity index (χ0n) is 13.2. The van der Waals surface area contributed by atoms with E-state index >= 15 is 0 Å². The maximum absolute atomic E-state index is 5.71. The molecule has 1 heterocycles. The first-order valence-electron chi connectivity index (χ1n) is 7.38. The maximum atomic E-state index is 5.71. The summed E-state index contributed by atoms with van der Waals surface area (Å²) in [6, 6.07) is 6.15. The molecule has 0 unspecified atom stereocenters. The number of benzene rings is 1. The average Bonchev–Trinajstić information content (AvgIpc) is 2.66. The molecule has 4 heteroatoms. The van der Waals surface area contributed by atoms with E-state index in [2.05, 4.69) is 44.8 Å². The second-order valence-electron chi connectivity index (χ2n) is 6.30. The van der Waals surface area contributed by atoms with Gasteiger partial charge >= 0.3 is 0 Å². The van der Waals surface area contributed by atoms with Crippen LogP contribution < -0.4 is 14.8 Å². The van der Waals surface area contributed by atoms with E-state index in [1.54, 1.807) is 11.8 Å². The molecule has 0 bridgehead atoms. The fourth-order valence-electron chi connectivity index (χ4n) is 1.86. The van der Waals surface area contributed by atoms with Gasteiger partial charge in [-0.3, -0.25) is 0 Å². The summed E-state index contributed by atoms with van der Waals surface area (Å²) in [5, 5.41) is 3.46. The fourth-order valence-corrected chi connectivity index (χ4v) is 2.69. The smallest absolute Gasteiger partial charge is 0.162 e. The van der Waals surface area contributed by atoms with Crippen LogP contribution in [0.4, 0.5) is 0 Å². The van der Waals surface area contributed by atoms with Gasteiger partial charge in [0.1, 0.15) is 0 Å². The van der Waals surface area contributed by atoms with Gasteiger partial charge in [-0.2, -0.15) is 0 Å². The first-order chi connectivity index (χ1) is 9.94. The van der Waals surface area contributed by atoms with Crippen LogP contribution >= 0.6 is 11.8 Å². The number of ether oxygens (including phenoxy) is 2. The zero-order chi connectivity index (χ0) is 15.3. The van der Waals surface area contributed by atoms with Gasteiger partial charge in [0.15, 0.2) is 11.5 Å². The summed E-state index contributed by atoms with van der Waals surface area (Å²) < 4.78 is 11.4. The lowest BCUT2D eigenvalue weighted by molar-refractivity contribution is 0.297. The van der Waals surface area contributed by atoms with Crippen LogP contribution in [0.15, 0.2) is 35.2 Å². The molecule has 116 valence electrons. The Morgan fingerprint density at radius 3 is 2.67 bits per heavy atom. The predicted molar refractivity (Wildman–Crippen MR) is 89.7 cm³/mol. The molecule has 1 aliphatic heterocycles. The summed E-state index contributed by atoms with van der Waals surface area (Å²) in [5.41, 5.74) is 1.32. The molecule has 21 heavy (non-hydrogen) atoms. The minimum atomic E-state index is 0.128. The van der Waals surface area contributed by atoms with Gasteiger partial charge < -0.3 is 14.8 Å². The largest absolute Gasteiger partial charge is 0.490 e. The van der Waals surface area contributed by atoms with E-state index in [1.807, 2.05) is 6.07 Å². The van der Waals surface area contributed by atoms with Gasteiger partial charge in [-0.25, -0.2) is 0 Å². The average molecular weight is 307 g/mol. The van der Waals surface area contributed by atoms with Crippen molar-refractivity contribution in [1.29, 1.82) is 0 Å². The standard InChI is InChI=1S/C17H25NO2S/c1-13(11-18-17(2,3)4)12-21-14-6-7-15-16(10-14)20-9-5-8-19-15/h6-7,10,18H,1,5,8-9,11-12H2,2-4H3. The van der Waals surface area contributed by atoms with Crippen molar-refractivity contribution in [3.05, 3.63) is 30.4 Å². The lowest BCUT2D eigenvalue weighted by Gasteiger charge is -2.21. The van der Waals surface area contributed by atoms with E-state index in [0.717, 1.165) is 43.4 Å². The summed E-state index contributed by atoms with van der Waals surface area (Å²) in [4.78, 5) is 1.19. The van der Waals surface area contributed by atoms with Crippen LogP contribution in [0.1, 0.15) is 27.2 Å². The Bertz CT molecular complexity index is 494. The molecule has 0 aliphatic carbocycles. The van der Waals surface area contributed by atoms with Gasteiger partial charge in [0, 0.05) is 29.2 Å². The molecule has 0 saturated heterocycles. The molecule has 0 radical (unpaired) electrons. The van der Waals surface area contributed by atoms with E-state index < -0.39 is 0 Å². The predicted octanol–water partition coefficient (Wildman–Crippen LogP) is 3.88. The maximum Gasteiger partial charge on any atom is 0.162 e. The topological polar surface area (TPSA) is 30.5 Å².